The van der Waals surface area contributed by atoms with Crippen molar-refractivity contribution in [3.63, 3.8) is 0 Å². The Kier molecular flexibility index (Phi) is 2.94. The SMILES string of the molecule is NCc1c2c(nn1C1CCCC1)CCSC2. The molecule has 0 bridgehead atoms. The maximum absolute atomic E-state index is 5.92. The predicted octanol–water partition coefficient (Wildman–Crippen LogP) is 2.25. The van der Waals surface area contributed by atoms with E-state index in [1.54, 1.807) is 0 Å². The molecule has 3 rings (SSSR count). The Morgan fingerprint density at radius 3 is 2.94 bits per heavy atom. The van der Waals surface area contributed by atoms with Gasteiger partial charge in [-0.1, -0.05) is 12.8 Å². The quantitative estimate of drug-likeness (QED) is 0.858. The summed E-state index contributed by atoms with van der Waals surface area (Å²) in [5.74, 6) is 2.34. The first-order valence-corrected chi connectivity index (χ1v) is 7.42. The second kappa shape index (κ2) is 4.41. The third-order valence-corrected chi connectivity index (χ3v) is 4.78. The van der Waals surface area contributed by atoms with Gasteiger partial charge in [0.2, 0.25) is 0 Å². The van der Waals surface area contributed by atoms with E-state index in [2.05, 4.69) is 4.68 Å². The highest BCUT2D eigenvalue weighted by molar-refractivity contribution is 7.98. The van der Waals surface area contributed by atoms with Crippen LogP contribution in [0.2, 0.25) is 0 Å². The van der Waals surface area contributed by atoms with Crippen molar-refractivity contribution < 1.29 is 0 Å². The van der Waals surface area contributed by atoms with Crippen molar-refractivity contribution >= 4 is 11.8 Å². The largest absolute Gasteiger partial charge is 0.325 e. The molecule has 1 aromatic heterocycles. The van der Waals surface area contributed by atoms with Crippen LogP contribution in [-0.4, -0.2) is 15.5 Å². The van der Waals surface area contributed by atoms with Gasteiger partial charge in [0.25, 0.3) is 0 Å². The standard InChI is InChI=1S/C12H19N3S/c13-7-12-10-8-16-6-5-11(10)14-15(12)9-3-1-2-4-9/h9H,1-8,13H2. The summed E-state index contributed by atoms with van der Waals surface area (Å²) in [5.41, 5.74) is 10.0. The summed E-state index contributed by atoms with van der Waals surface area (Å²) in [6.45, 7) is 0.652. The molecule has 0 unspecified atom stereocenters. The van der Waals surface area contributed by atoms with Gasteiger partial charge in [-0.05, 0) is 18.6 Å². The Morgan fingerprint density at radius 1 is 1.38 bits per heavy atom. The van der Waals surface area contributed by atoms with Crippen LogP contribution in [0.25, 0.3) is 0 Å². The predicted molar refractivity (Wildman–Crippen MR) is 67.5 cm³/mol. The molecule has 3 nitrogen and oxygen atoms in total. The van der Waals surface area contributed by atoms with Crippen molar-refractivity contribution in [3.05, 3.63) is 17.0 Å². The van der Waals surface area contributed by atoms with Gasteiger partial charge < -0.3 is 5.73 Å². The van der Waals surface area contributed by atoms with Gasteiger partial charge in [0.15, 0.2) is 0 Å². The van der Waals surface area contributed by atoms with Crippen LogP contribution in [0.3, 0.4) is 0 Å². The van der Waals surface area contributed by atoms with E-state index in [0.717, 1.165) is 12.2 Å². The topological polar surface area (TPSA) is 43.8 Å². The molecule has 2 aliphatic rings. The van der Waals surface area contributed by atoms with Crippen molar-refractivity contribution in [1.29, 1.82) is 0 Å². The van der Waals surface area contributed by atoms with Crippen LogP contribution in [0.15, 0.2) is 0 Å². The second-order valence-corrected chi connectivity index (χ2v) is 5.87. The summed E-state index contributed by atoms with van der Waals surface area (Å²) in [7, 11) is 0. The van der Waals surface area contributed by atoms with E-state index in [1.165, 1.54) is 48.4 Å². The lowest BCUT2D eigenvalue weighted by atomic mass is 10.1. The highest BCUT2D eigenvalue weighted by Crippen LogP contribution is 2.34. The first kappa shape index (κ1) is 10.7. The number of thioether (sulfide) groups is 1. The molecule has 0 aromatic carbocycles. The smallest absolute Gasteiger partial charge is 0.0676 e. The monoisotopic (exact) mass is 237 g/mol. The number of hydrogen-bond donors (Lipinski definition) is 1. The maximum atomic E-state index is 5.92. The zero-order chi connectivity index (χ0) is 11.0. The lowest BCUT2D eigenvalue weighted by Crippen LogP contribution is -2.14. The molecule has 0 saturated heterocycles. The molecular weight excluding hydrogens is 218 g/mol. The zero-order valence-corrected chi connectivity index (χ0v) is 10.4. The molecule has 16 heavy (non-hydrogen) atoms. The van der Waals surface area contributed by atoms with E-state index in [9.17, 15) is 0 Å². The highest BCUT2D eigenvalue weighted by Gasteiger charge is 2.25. The van der Waals surface area contributed by atoms with E-state index in [-0.39, 0.29) is 0 Å². The van der Waals surface area contributed by atoms with E-state index in [4.69, 9.17) is 10.8 Å². The Balaban J connectivity index is 1.99. The van der Waals surface area contributed by atoms with Crippen LogP contribution in [0, 0.1) is 0 Å². The molecule has 0 radical (unpaired) electrons. The molecule has 1 aromatic rings. The van der Waals surface area contributed by atoms with Crippen LogP contribution >= 0.6 is 11.8 Å². The molecule has 4 heteroatoms. The van der Waals surface area contributed by atoms with Crippen LogP contribution < -0.4 is 5.73 Å². The minimum atomic E-state index is 0.633. The van der Waals surface area contributed by atoms with Crippen molar-refractivity contribution in [2.75, 3.05) is 5.75 Å². The second-order valence-electron chi connectivity index (χ2n) is 4.76. The number of rotatable bonds is 2. The number of nitrogens with zero attached hydrogens (tertiary/aromatic N) is 2. The van der Waals surface area contributed by atoms with E-state index in [0.29, 0.717) is 12.6 Å². The van der Waals surface area contributed by atoms with Gasteiger partial charge in [-0.2, -0.15) is 16.9 Å². The van der Waals surface area contributed by atoms with E-state index >= 15 is 0 Å². The molecule has 1 aliphatic heterocycles. The molecule has 0 amide bonds. The summed E-state index contributed by atoms with van der Waals surface area (Å²) in [6, 6.07) is 0.633. The van der Waals surface area contributed by atoms with Gasteiger partial charge in [-0.15, -0.1) is 0 Å². The lowest BCUT2D eigenvalue weighted by Gasteiger charge is -2.14. The molecule has 0 spiro atoms. The maximum Gasteiger partial charge on any atom is 0.0676 e. The minimum Gasteiger partial charge on any atom is -0.325 e. The van der Waals surface area contributed by atoms with Crippen molar-refractivity contribution in [1.82, 2.24) is 9.78 Å². The van der Waals surface area contributed by atoms with Gasteiger partial charge in [-0.3, -0.25) is 4.68 Å². The molecule has 1 aliphatic carbocycles. The summed E-state index contributed by atoms with van der Waals surface area (Å²) in [5, 5.41) is 4.83. The molecule has 0 atom stereocenters. The third kappa shape index (κ3) is 1.68. The number of aromatic nitrogens is 2. The number of hydrogen-bond acceptors (Lipinski definition) is 3. The highest BCUT2D eigenvalue weighted by atomic mass is 32.2. The van der Waals surface area contributed by atoms with E-state index < -0.39 is 0 Å². The van der Waals surface area contributed by atoms with Crippen molar-refractivity contribution in [3.8, 4) is 0 Å². The average molecular weight is 237 g/mol. The van der Waals surface area contributed by atoms with Crippen molar-refractivity contribution in [2.24, 2.45) is 5.73 Å². The van der Waals surface area contributed by atoms with Crippen LogP contribution in [0.4, 0.5) is 0 Å². The van der Waals surface area contributed by atoms with Crippen LogP contribution in [-0.2, 0) is 18.7 Å². The molecule has 1 fully saturated rings. The van der Waals surface area contributed by atoms with E-state index in [1.807, 2.05) is 11.8 Å². The fourth-order valence-electron chi connectivity index (χ4n) is 2.93. The first-order chi connectivity index (χ1) is 7.90. The first-order valence-electron chi connectivity index (χ1n) is 6.27. The minimum absolute atomic E-state index is 0.633. The fourth-order valence-corrected chi connectivity index (χ4v) is 3.95. The summed E-state index contributed by atoms with van der Waals surface area (Å²) in [4.78, 5) is 0. The van der Waals surface area contributed by atoms with Crippen LogP contribution in [0.5, 0.6) is 0 Å². The zero-order valence-electron chi connectivity index (χ0n) is 9.61. The third-order valence-electron chi connectivity index (χ3n) is 3.80. The van der Waals surface area contributed by atoms with Gasteiger partial charge in [0.1, 0.15) is 0 Å². The van der Waals surface area contributed by atoms with Gasteiger partial charge >= 0.3 is 0 Å². The molecule has 88 valence electrons. The number of nitrogens with two attached hydrogens (primary N) is 1. The number of fused-ring (bicyclic) bond motifs is 1. The fraction of sp³-hybridized carbons (Fsp3) is 0.750. The molecule has 1 saturated carbocycles. The summed E-state index contributed by atoms with van der Waals surface area (Å²) < 4.78 is 2.27. The Bertz CT molecular complexity index is 380. The summed E-state index contributed by atoms with van der Waals surface area (Å²) in [6.07, 6.45) is 6.43. The Labute approximate surface area is 101 Å². The normalized spacial score (nSPS) is 21.3. The average Bonchev–Trinajstić information content (AvgIpc) is 2.95. The molecule has 2 heterocycles. The lowest BCUT2D eigenvalue weighted by molar-refractivity contribution is 0.447. The van der Waals surface area contributed by atoms with Gasteiger partial charge in [-0.25, -0.2) is 0 Å². The summed E-state index contributed by atoms with van der Waals surface area (Å²) >= 11 is 2.01. The van der Waals surface area contributed by atoms with Gasteiger partial charge in [0, 0.05) is 24.3 Å². The molecule has 2 N–H and O–H groups in total. The number of aryl methyl sites for hydroxylation is 1. The van der Waals surface area contributed by atoms with Crippen LogP contribution in [0.1, 0.15) is 48.7 Å². The molecular formula is C12H19N3S. The Morgan fingerprint density at radius 2 is 2.19 bits per heavy atom. The Hall–Kier alpha value is -0.480. The van der Waals surface area contributed by atoms with Crippen molar-refractivity contribution in [2.45, 2.75) is 50.4 Å². The van der Waals surface area contributed by atoms with Gasteiger partial charge in [0.05, 0.1) is 17.4 Å².